The molecule has 3 fully saturated rings. The van der Waals surface area contributed by atoms with Crippen molar-refractivity contribution in [1.82, 2.24) is 15.5 Å². The van der Waals surface area contributed by atoms with E-state index in [0.29, 0.717) is 44.6 Å². The minimum Gasteiger partial charge on any atom is -0.444 e. The highest BCUT2D eigenvalue weighted by Gasteiger charge is 2.40. The standard InChI is InChI=1S/C21H37N3O4/c1-21(2,3)28-20(26)24-12-13-27-17(14-24)19(15-8-9-15)22-11-10-18(25)23-16-6-4-5-7-16/h15-17,19,22H,4-14H2,1-3H3,(H,23,25)/t17-,19+/m1/s1. The number of morpholine rings is 1. The summed E-state index contributed by atoms with van der Waals surface area (Å²) in [7, 11) is 0. The second-order valence-corrected chi connectivity index (χ2v) is 9.45. The Morgan fingerprint density at radius 1 is 1.18 bits per heavy atom. The minimum absolute atomic E-state index is 0.0494. The summed E-state index contributed by atoms with van der Waals surface area (Å²) in [6, 6.07) is 0.556. The predicted octanol–water partition coefficient (Wildman–Crippen LogP) is 2.44. The first kappa shape index (κ1) is 21.4. The van der Waals surface area contributed by atoms with Crippen molar-refractivity contribution in [3.63, 3.8) is 0 Å². The van der Waals surface area contributed by atoms with Crippen LogP contribution in [0, 0.1) is 5.92 Å². The van der Waals surface area contributed by atoms with E-state index in [-0.39, 0.29) is 24.1 Å². The topological polar surface area (TPSA) is 79.9 Å². The summed E-state index contributed by atoms with van der Waals surface area (Å²) in [5.74, 6) is 0.704. The molecule has 2 amide bonds. The van der Waals surface area contributed by atoms with Crippen LogP contribution in [0.3, 0.4) is 0 Å². The van der Waals surface area contributed by atoms with Crippen molar-refractivity contribution in [2.75, 3.05) is 26.2 Å². The molecule has 3 rings (SSSR count). The number of hydrogen-bond donors (Lipinski definition) is 2. The Morgan fingerprint density at radius 3 is 2.54 bits per heavy atom. The molecule has 7 heteroatoms. The van der Waals surface area contributed by atoms with Crippen molar-refractivity contribution in [2.24, 2.45) is 5.92 Å². The van der Waals surface area contributed by atoms with Gasteiger partial charge in [-0.25, -0.2) is 4.79 Å². The summed E-state index contributed by atoms with van der Waals surface area (Å²) < 4.78 is 11.5. The Labute approximate surface area is 168 Å². The molecular formula is C21H37N3O4. The maximum atomic E-state index is 12.4. The number of rotatable bonds is 7. The lowest BCUT2D eigenvalue weighted by molar-refractivity contribution is -0.121. The quantitative estimate of drug-likeness (QED) is 0.692. The maximum absolute atomic E-state index is 12.4. The van der Waals surface area contributed by atoms with Crippen LogP contribution in [0.1, 0.15) is 65.7 Å². The summed E-state index contributed by atoms with van der Waals surface area (Å²) in [5, 5.41) is 6.69. The lowest BCUT2D eigenvalue weighted by Crippen LogP contribution is -2.55. The van der Waals surface area contributed by atoms with E-state index in [4.69, 9.17) is 9.47 Å². The fourth-order valence-electron chi connectivity index (χ4n) is 4.16. The number of carbonyl (C=O) groups excluding carboxylic acids is 2. The number of nitrogens with zero attached hydrogens (tertiary/aromatic N) is 1. The third-order valence-electron chi connectivity index (χ3n) is 5.73. The van der Waals surface area contributed by atoms with Crippen molar-refractivity contribution in [1.29, 1.82) is 0 Å². The minimum atomic E-state index is -0.494. The largest absolute Gasteiger partial charge is 0.444 e. The van der Waals surface area contributed by atoms with Gasteiger partial charge in [-0.2, -0.15) is 0 Å². The molecule has 160 valence electrons. The van der Waals surface area contributed by atoms with Crippen LogP contribution in [0.15, 0.2) is 0 Å². The van der Waals surface area contributed by atoms with E-state index >= 15 is 0 Å². The first-order valence-corrected chi connectivity index (χ1v) is 10.9. The summed E-state index contributed by atoms with van der Waals surface area (Å²) >= 11 is 0. The van der Waals surface area contributed by atoms with Gasteiger partial charge in [-0.1, -0.05) is 12.8 Å². The monoisotopic (exact) mass is 395 g/mol. The van der Waals surface area contributed by atoms with Crippen LogP contribution >= 0.6 is 0 Å². The molecule has 0 bridgehead atoms. The Bertz CT molecular complexity index is 538. The van der Waals surface area contributed by atoms with E-state index in [2.05, 4.69) is 10.6 Å². The third kappa shape index (κ3) is 6.62. The van der Waals surface area contributed by atoms with Crippen LogP contribution in [-0.2, 0) is 14.3 Å². The molecule has 2 N–H and O–H groups in total. The zero-order valence-electron chi connectivity index (χ0n) is 17.7. The van der Waals surface area contributed by atoms with Gasteiger partial charge >= 0.3 is 6.09 Å². The van der Waals surface area contributed by atoms with Crippen LogP contribution in [0.4, 0.5) is 4.79 Å². The maximum Gasteiger partial charge on any atom is 0.410 e. The molecule has 1 saturated heterocycles. The number of nitrogens with one attached hydrogen (secondary N) is 2. The SMILES string of the molecule is CC(C)(C)OC(=O)N1CCO[C@@H]([C@@H](NCCC(=O)NC2CCCC2)C2CC2)C1. The van der Waals surface area contributed by atoms with E-state index in [0.717, 1.165) is 12.8 Å². The summed E-state index contributed by atoms with van der Waals surface area (Å²) in [4.78, 5) is 26.3. The molecule has 2 aliphatic carbocycles. The summed E-state index contributed by atoms with van der Waals surface area (Å²) in [6.45, 7) is 7.92. The van der Waals surface area contributed by atoms with Crippen LogP contribution in [-0.4, -0.2) is 66.9 Å². The zero-order valence-corrected chi connectivity index (χ0v) is 17.7. The molecule has 0 aromatic rings. The molecular weight excluding hydrogens is 358 g/mol. The van der Waals surface area contributed by atoms with Crippen molar-refractivity contribution in [2.45, 2.75) is 89.5 Å². The lowest BCUT2D eigenvalue weighted by Gasteiger charge is -2.38. The second-order valence-electron chi connectivity index (χ2n) is 9.45. The van der Waals surface area contributed by atoms with Gasteiger partial charge in [0, 0.05) is 31.6 Å². The van der Waals surface area contributed by atoms with Gasteiger partial charge < -0.3 is 25.0 Å². The predicted molar refractivity (Wildman–Crippen MR) is 107 cm³/mol. The molecule has 0 spiro atoms. The number of ether oxygens (including phenoxy) is 2. The van der Waals surface area contributed by atoms with E-state index in [1.54, 1.807) is 4.90 Å². The van der Waals surface area contributed by atoms with Crippen LogP contribution in [0.2, 0.25) is 0 Å². The molecule has 1 aliphatic heterocycles. The van der Waals surface area contributed by atoms with Crippen molar-refractivity contribution < 1.29 is 19.1 Å². The van der Waals surface area contributed by atoms with Gasteiger partial charge in [-0.3, -0.25) is 4.79 Å². The Morgan fingerprint density at radius 2 is 1.89 bits per heavy atom. The van der Waals surface area contributed by atoms with Gasteiger partial charge in [0.05, 0.1) is 19.3 Å². The fraction of sp³-hybridized carbons (Fsp3) is 0.905. The van der Waals surface area contributed by atoms with Gasteiger partial charge in [0.15, 0.2) is 0 Å². The number of carbonyl (C=O) groups is 2. The molecule has 0 aromatic carbocycles. The molecule has 28 heavy (non-hydrogen) atoms. The van der Waals surface area contributed by atoms with Gasteiger partial charge in [-0.05, 0) is 52.4 Å². The van der Waals surface area contributed by atoms with E-state index in [9.17, 15) is 9.59 Å². The van der Waals surface area contributed by atoms with Gasteiger partial charge in [0.1, 0.15) is 5.60 Å². The first-order valence-electron chi connectivity index (χ1n) is 10.9. The van der Waals surface area contributed by atoms with Crippen LogP contribution in [0.25, 0.3) is 0 Å². The molecule has 0 aromatic heterocycles. The van der Waals surface area contributed by atoms with Crippen LogP contribution < -0.4 is 10.6 Å². The highest BCUT2D eigenvalue weighted by atomic mass is 16.6. The van der Waals surface area contributed by atoms with Crippen molar-refractivity contribution >= 4 is 12.0 Å². The molecule has 3 aliphatic rings. The van der Waals surface area contributed by atoms with Crippen molar-refractivity contribution in [3.05, 3.63) is 0 Å². The van der Waals surface area contributed by atoms with E-state index in [1.165, 1.54) is 25.7 Å². The van der Waals surface area contributed by atoms with Gasteiger partial charge in [0.25, 0.3) is 0 Å². The summed E-state index contributed by atoms with van der Waals surface area (Å²) in [5.41, 5.74) is -0.494. The molecule has 2 atom stereocenters. The third-order valence-corrected chi connectivity index (χ3v) is 5.73. The molecule has 0 radical (unpaired) electrons. The molecule has 0 unspecified atom stereocenters. The molecule has 2 saturated carbocycles. The second kappa shape index (κ2) is 9.44. The average molecular weight is 396 g/mol. The average Bonchev–Trinajstić information content (AvgIpc) is 3.34. The van der Waals surface area contributed by atoms with Gasteiger partial charge in [-0.15, -0.1) is 0 Å². The number of hydrogen-bond acceptors (Lipinski definition) is 5. The Hall–Kier alpha value is -1.34. The molecule has 7 nitrogen and oxygen atoms in total. The number of amides is 2. The Kier molecular flexibility index (Phi) is 7.20. The molecule has 1 heterocycles. The van der Waals surface area contributed by atoms with E-state index in [1.807, 2.05) is 20.8 Å². The van der Waals surface area contributed by atoms with Crippen LogP contribution in [0.5, 0.6) is 0 Å². The van der Waals surface area contributed by atoms with Crippen molar-refractivity contribution in [3.8, 4) is 0 Å². The normalized spacial score (nSPS) is 24.8. The van der Waals surface area contributed by atoms with Gasteiger partial charge in [0.2, 0.25) is 5.91 Å². The highest BCUT2D eigenvalue weighted by molar-refractivity contribution is 5.76. The highest BCUT2D eigenvalue weighted by Crippen LogP contribution is 2.35. The first-order chi connectivity index (χ1) is 13.3. The zero-order chi connectivity index (χ0) is 20.1. The smallest absolute Gasteiger partial charge is 0.410 e. The fourth-order valence-corrected chi connectivity index (χ4v) is 4.16. The summed E-state index contributed by atoms with van der Waals surface area (Å²) in [6.07, 6.45) is 7.19. The van der Waals surface area contributed by atoms with E-state index < -0.39 is 5.60 Å². The Balaban J connectivity index is 1.45. The lowest BCUT2D eigenvalue weighted by atomic mass is 10.0.